The first kappa shape index (κ1) is 8.47. The van der Waals surface area contributed by atoms with Crippen LogP contribution in [0.1, 0.15) is 17.9 Å². The number of nitrogens with zero attached hydrogens (tertiary/aromatic N) is 1. The Labute approximate surface area is 85.6 Å². The molecule has 1 unspecified atom stereocenters. The second-order valence-corrected chi connectivity index (χ2v) is 3.59. The number of methoxy groups -OCH3 is 1. The zero-order valence-corrected chi connectivity index (χ0v) is 8.19. The summed E-state index contributed by atoms with van der Waals surface area (Å²) >= 11 is 0. The van der Waals surface area contributed by atoms with E-state index in [1.165, 1.54) is 7.11 Å². The lowest BCUT2D eigenvalue weighted by Crippen LogP contribution is -2.24. The number of carbonyl (C=O) groups excluding carboxylic acids is 1. The van der Waals surface area contributed by atoms with Gasteiger partial charge in [0.1, 0.15) is 0 Å². The van der Waals surface area contributed by atoms with Crippen molar-refractivity contribution < 1.29 is 13.9 Å². The minimum Gasteiger partial charge on any atom is -0.469 e. The summed E-state index contributed by atoms with van der Waals surface area (Å²) in [6.45, 7) is 0. The minimum absolute atomic E-state index is 0.0381. The molecule has 1 aromatic rings. The molecule has 4 rings (SSSR count). The number of esters is 1. The maximum Gasteiger partial charge on any atom is 0.306 e. The van der Waals surface area contributed by atoms with Crippen LogP contribution >= 0.6 is 0 Å². The predicted molar refractivity (Wildman–Crippen MR) is 52.1 cm³/mol. The monoisotopic (exact) mass is 203 g/mol. The van der Waals surface area contributed by atoms with Gasteiger partial charge in [0.25, 0.3) is 0 Å². The van der Waals surface area contributed by atoms with E-state index in [2.05, 4.69) is 9.73 Å². The Kier molecular flexibility index (Phi) is 1.59. The number of hydrogen-bond acceptors (Lipinski definition) is 4. The van der Waals surface area contributed by atoms with Crippen LogP contribution in [0.25, 0.3) is 6.08 Å². The Hall–Kier alpha value is -1.84. The number of furan rings is 1. The number of rotatable bonds is 2. The van der Waals surface area contributed by atoms with Crippen molar-refractivity contribution in [3.05, 3.63) is 28.5 Å². The van der Waals surface area contributed by atoms with E-state index >= 15 is 0 Å². The van der Waals surface area contributed by atoms with Crippen molar-refractivity contribution in [1.29, 1.82) is 0 Å². The van der Waals surface area contributed by atoms with Gasteiger partial charge >= 0.3 is 5.97 Å². The van der Waals surface area contributed by atoms with Crippen LogP contribution in [0.15, 0.2) is 21.6 Å². The summed E-state index contributed by atoms with van der Waals surface area (Å²) in [5, 5.41) is 1.02. The van der Waals surface area contributed by atoms with Gasteiger partial charge in [0.15, 0.2) is 0 Å². The van der Waals surface area contributed by atoms with Gasteiger partial charge in [-0.15, -0.1) is 0 Å². The largest absolute Gasteiger partial charge is 0.469 e. The van der Waals surface area contributed by atoms with Crippen molar-refractivity contribution in [1.82, 2.24) is 0 Å². The zero-order chi connectivity index (χ0) is 10.4. The first-order valence-corrected chi connectivity index (χ1v) is 4.76. The highest BCUT2D eigenvalue weighted by Gasteiger charge is 2.28. The highest BCUT2D eigenvalue weighted by molar-refractivity contribution is 5.72. The third-order valence-electron chi connectivity index (χ3n) is 2.74. The Bertz CT molecular complexity index is 580. The van der Waals surface area contributed by atoms with Crippen molar-refractivity contribution in [2.24, 2.45) is 4.99 Å². The third kappa shape index (κ3) is 1.08. The topological polar surface area (TPSA) is 51.8 Å². The molecule has 2 bridgehead atoms. The average molecular weight is 203 g/mol. The van der Waals surface area contributed by atoms with Crippen molar-refractivity contribution in [3.8, 4) is 0 Å². The summed E-state index contributed by atoms with van der Waals surface area (Å²) in [6.07, 6.45) is 6.21. The minimum atomic E-state index is -0.215. The standard InChI is InChI=1S/C11H9NO3/c1-14-8(13)5-6-3-2-4-7-9(6)11-12-10(7)15-11/h2-4,6H,5H2,1H3. The summed E-state index contributed by atoms with van der Waals surface area (Å²) in [4.78, 5) is 15.4. The van der Waals surface area contributed by atoms with Gasteiger partial charge in [-0.3, -0.25) is 4.79 Å². The molecule has 4 heteroatoms. The van der Waals surface area contributed by atoms with Crippen LogP contribution in [0.3, 0.4) is 0 Å². The fraction of sp³-hybridized carbons (Fsp3) is 0.273. The smallest absolute Gasteiger partial charge is 0.306 e. The van der Waals surface area contributed by atoms with Crippen LogP contribution < -0.4 is 10.8 Å². The Morgan fingerprint density at radius 1 is 1.67 bits per heavy atom. The van der Waals surface area contributed by atoms with Crippen LogP contribution in [-0.2, 0) is 9.53 Å². The number of allylic oxidation sites excluding steroid dienone is 2. The zero-order valence-electron chi connectivity index (χ0n) is 8.19. The molecule has 1 aromatic heterocycles. The highest BCUT2D eigenvalue weighted by Crippen LogP contribution is 2.31. The van der Waals surface area contributed by atoms with Gasteiger partial charge < -0.3 is 9.15 Å². The van der Waals surface area contributed by atoms with E-state index in [4.69, 9.17) is 4.42 Å². The first-order chi connectivity index (χ1) is 7.29. The maximum absolute atomic E-state index is 11.2. The predicted octanol–water partition coefficient (Wildman–Crippen LogP) is 0.541. The SMILES string of the molecule is COC(=O)CC1C=CC=c2c1c1oc2=N1. The maximum atomic E-state index is 11.2. The van der Waals surface area contributed by atoms with Gasteiger partial charge in [0.2, 0.25) is 11.4 Å². The van der Waals surface area contributed by atoms with E-state index in [1.807, 2.05) is 18.2 Å². The lowest BCUT2D eigenvalue weighted by Gasteiger charge is -2.11. The molecule has 2 aliphatic heterocycles. The Morgan fingerprint density at radius 2 is 2.47 bits per heavy atom. The lowest BCUT2D eigenvalue weighted by molar-refractivity contribution is -0.140. The molecular formula is C11H9NO3. The van der Waals surface area contributed by atoms with Crippen molar-refractivity contribution in [2.75, 3.05) is 7.11 Å². The number of ether oxygens (including phenoxy) is 1. The first-order valence-electron chi connectivity index (χ1n) is 4.76. The summed E-state index contributed by atoms with van der Waals surface area (Å²) in [7, 11) is 1.40. The second-order valence-electron chi connectivity index (χ2n) is 3.59. The molecular weight excluding hydrogens is 194 g/mol. The normalized spacial score (nSPS) is 19.7. The molecule has 0 saturated heterocycles. The van der Waals surface area contributed by atoms with Crippen molar-refractivity contribution >= 4 is 17.9 Å². The molecule has 3 heterocycles. The molecule has 0 radical (unpaired) electrons. The van der Waals surface area contributed by atoms with E-state index in [0.717, 1.165) is 10.8 Å². The van der Waals surface area contributed by atoms with Gasteiger partial charge in [-0.05, 0) is 6.08 Å². The molecule has 3 aliphatic rings. The van der Waals surface area contributed by atoms with Crippen LogP contribution in [0.4, 0.5) is 5.88 Å². The van der Waals surface area contributed by atoms with E-state index in [9.17, 15) is 4.79 Å². The fourth-order valence-electron chi connectivity index (χ4n) is 1.99. The van der Waals surface area contributed by atoms with Gasteiger partial charge in [0.05, 0.1) is 13.5 Å². The molecule has 0 saturated carbocycles. The number of carbonyl (C=O) groups is 1. The molecule has 0 aromatic carbocycles. The van der Waals surface area contributed by atoms with Gasteiger partial charge in [0, 0.05) is 16.7 Å². The van der Waals surface area contributed by atoms with Crippen LogP contribution in [0.5, 0.6) is 0 Å². The number of hydrogen-bond donors (Lipinski definition) is 0. The van der Waals surface area contributed by atoms with Crippen molar-refractivity contribution in [3.63, 3.8) is 0 Å². The third-order valence-corrected chi connectivity index (χ3v) is 2.74. The van der Waals surface area contributed by atoms with Gasteiger partial charge in [-0.25, -0.2) is 0 Å². The van der Waals surface area contributed by atoms with E-state index in [0.29, 0.717) is 17.9 Å². The molecule has 4 nitrogen and oxygen atoms in total. The lowest BCUT2D eigenvalue weighted by atomic mass is 9.93. The fourth-order valence-corrected chi connectivity index (χ4v) is 1.99. The Morgan fingerprint density at radius 3 is 3.20 bits per heavy atom. The molecule has 1 aliphatic carbocycles. The summed E-state index contributed by atoms with van der Waals surface area (Å²) in [5.74, 6) is 0.485. The molecule has 0 spiro atoms. The van der Waals surface area contributed by atoms with Crippen molar-refractivity contribution in [2.45, 2.75) is 12.3 Å². The van der Waals surface area contributed by atoms with E-state index in [1.54, 1.807) is 0 Å². The van der Waals surface area contributed by atoms with Crippen LogP contribution in [0.2, 0.25) is 0 Å². The van der Waals surface area contributed by atoms with Crippen LogP contribution in [0, 0.1) is 0 Å². The summed E-state index contributed by atoms with van der Waals surface area (Å²) in [6, 6.07) is 0. The molecule has 0 amide bonds. The van der Waals surface area contributed by atoms with Gasteiger partial charge in [-0.2, -0.15) is 4.99 Å². The quantitative estimate of drug-likeness (QED) is 0.669. The van der Waals surface area contributed by atoms with Crippen LogP contribution in [-0.4, -0.2) is 13.1 Å². The highest BCUT2D eigenvalue weighted by atomic mass is 16.5. The molecule has 0 N–H and O–H groups in total. The Balaban J connectivity index is 1.99. The summed E-state index contributed by atoms with van der Waals surface area (Å²) < 4.78 is 9.97. The van der Waals surface area contributed by atoms with E-state index in [-0.39, 0.29) is 11.9 Å². The van der Waals surface area contributed by atoms with E-state index < -0.39 is 0 Å². The molecule has 76 valence electrons. The molecule has 0 fully saturated rings. The van der Waals surface area contributed by atoms with Gasteiger partial charge in [-0.1, -0.05) is 12.2 Å². The summed E-state index contributed by atoms with van der Waals surface area (Å²) in [5.41, 5.74) is 1.71. The molecule has 1 atom stereocenters. The molecule has 15 heavy (non-hydrogen) atoms. The average Bonchev–Trinajstić information content (AvgIpc) is 2.71. The second kappa shape index (κ2) is 2.82.